The minimum Gasteiger partial charge on any atom is -0.497 e. The van der Waals surface area contributed by atoms with Crippen LogP contribution in [0.2, 0.25) is 0 Å². The zero-order valence-corrected chi connectivity index (χ0v) is 16.9. The Morgan fingerprint density at radius 1 is 0.714 bits per heavy atom. The summed E-state index contributed by atoms with van der Waals surface area (Å²) < 4.78 is 10.2. The fourth-order valence-electron chi connectivity index (χ4n) is 1.93. The van der Waals surface area contributed by atoms with Gasteiger partial charge in [0.1, 0.15) is 11.5 Å². The van der Waals surface area contributed by atoms with Crippen LogP contribution in [0.4, 0.5) is 11.4 Å². The van der Waals surface area contributed by atoms with Crippen molar-refractivity contribution >= 4 is 58.5 Å². The van der Waals surface area contributed by atoms with E-state index in [1.165, 1.54) is 12.4 Å². The first-order valence-corrected chi connectivity index (χ1v) is 8.89. The first-order valence-electron chi connectivity index (χ1n) is 8.07. The number of nitrogens with one attached hydrogen (secondary N) is 4. The molecule has 2 rings (SSSR count). The van der Waals surface area contributed by atoms with Gasteiger partial charge in [-0.05, 0) is 73.0 Å². The van der Waals surface area contributed by atoms with Crippen LogP contribution in [-0.2, 0) is 0 Å². The molecule has 4 N–H and O–H groups in total. The molecule has 0 atom stereocenters. The topological polar surface area (TPSA) is 91.3 Å². The van der Waals surface area contributed by atoms with Crippen molar-refractivity contribution in [2.75, 3.05) is 24.9 Å². The highest BCUT2D eigenvalue weighted by Gasteiger charge is 1.97. The van der Waals surface area contributed by atoms with Gasteiger partial charge in [0.25, 0.3) is 0 Å². The molecule has 2 aromatic rings. The fourth-order valence-corrected chi connectivity index (χ4v) is 2.27. The Labute approximate surface area is 174 Å². The van der Waals surface area contributed by atoms with E-state index >= 15 is 0 Å². The van der Waals surface area contributed by atoms with Crippen molar-refractivity contribution in [1.29, 1.82) is 0 Å². The zero-order chi connectivity index (χ0) is 20.2. The predicted octanol–water partition coefficient (Wildman–Crippen LogP) is 2.95. The summed E-state index contributed by atoms with van der Waals surface area (Å²) in [5.41, 5.74) is 6.99. The molecule has 0 aromatic heterocycles. The van der Waals surface area contributed by atoms with Crippen molar-refractivity contribution in [1.82, 2.24) is 10.9 Å². The Morgan fingerprint density at radius 3 is 1.39 bits per heavy atom. The Morgan fingerprint density at radius 2 is 1.07 bits per heavy atom. The molecule has 0 spiro atoms. The maximum Gasteiger partial charge on any atom is 0.191 e. The van der Waals surface area contributed by atoms with Crippen LogP contribution in [0.25, 0.3) is 0 Å². The maximum atomic E-state index is 5.14. The molecule has 0 aliphatic rings. The van der Waals surface area contributed by atoms with Gasteiger partial charge in [0.15, 0.2) is 10.2 Å². The van der Waals surface area contributed by atoms with Crippen molar-refractivity contribution in [3.63, 3.8) is 0 Å². The maximum absolute atomic E-state index is 5.14. The zero-order valence-electron chi connectivity index (χ0n) is 15.3. The summed E-state index contributed by atoms with van der Waals surface area (Å²) in [5.74, 6) is 1.54. The van der Waals surface area contributed by atoms with E-state index in [9.17, 15) is 0 Å². The van der Waals surface area contributed by atoms with Gasteiger partial charge in [-0.3, -0.25) is 10.9 Å². The highest BCUT2D eigenvalue weighted by atomic mass is 32.1. The van der Waals surface area contributed by atoms with E-state index < -0.39 is 0 Å². The molecule has 0 saturated carbocycles. The molecule has 8 nitrogen and oxygen atoms in total. The SMILES string of the molecule is COc1ccc(NC(=S)N/N=C/C=N/NC(=S)Nc2ccc(OC)cc2)cc1. The van der Waals surface area contributed by atoms with Gasteiger partial charge in [0, 0.05) is 11.4 Å². The van der Waals surface area contributed by atoms with Crippen LogP contribution in [0.15, 0.2) is 58.7 Å². The van der Waals surface area contributed by atoms with E-state index in [0.29, 0.717) is 10.2 Å². The van der Waals surface area contributed by atoms with Gasteiger partial charge in [-0.1, -0.05) is 0 Å². The number of hydrazone groups is 2. The first kappa shape index (κ1) is 21.1. The lowest BCUT2D eigenvalue weighted by molar-refractivity contribution is 0.415. The third-order valence-corrected chi connectivity index (χ3v) is 3.63. The Hall–Kier alpha value is -3.24. The molecule has 0 fully saturated rings. The van der Waals surface area contributed by atoms with Crippen molar-refractivity contribution < 1.29 is 9.47 Å². The van der Waals surface area contributed by atoms with E-state index in [2.05, 4.69) is 31.7 Å². The first-order chi connectivity index (χ1) is 13.6. The summed E-state index contributed by atoms with van der Waals surface area (Å²) in [4.78, 5) is 0. The van der Waals surface area contributed by atoms with Crippen LogP contribution >= 0.6 is 24.4 Å². The van der Waals surface area contributed by atoms with Gasteiger partial charge >= 0.3 is 0 Å². The molecule has 0 amide bonds. The van der Waals surface area contributed by atoms with Crippen molar-refractivity contribution in [2.45, 2.75) is 0 Å². The van der Waals surface area contributed by atoms with Gasteiger partial charge in [-0.2, -0.15) is 10.2 Å². The molecular formula is C18H20N6O2S2. The average molecular weight is 417 g/mol. The molecule has 0 unspecified atom stereocenters. The van der Waals surface area contributed by atoms with Crippen LogP contribution < -0.4 is 31.0 Å². The van der Waals surface area contributed by atoms with Crippen LogP contribution in [0.5, 0.6) is 11.5 Å². The number of rotatable bonds is 7. The second-order valence-corrected chi connectivity index (χ2v) is 5.96. The molecule has 10 heteroatoms. The quantitative estimate of drug-likeness (QED) is 0.311. The normalized spacial score (nSPS) is 10.5. The number of thiocarbonyl (C=S) groups is 2. The standard InChI is InChI=1S/C18H20N6O2S2/c1-25-15-7-3-13(4-8-15)21-17(27)23-19-11-12-20-24-18(28)22-14-5-9-16(26-2)10-6-14/h3-12H,1-2H3,(H2,21,23,27)(H2,22,24,28)/b19-11+,20-12+. The number of benzene rings is 2. The lowest BCUT2D eigenvalue weighted by Crippen LogP contribution is -2.24. The number of ether oxygens (including phenoxy) is 2. The third kappa shape index (κ3) is 7.56. The van der Waals surface area contributed by atoms with Crippen LogP contribution in [0.1, 0.15) is 0 Å². The minimum absolute atomic E-state index is 0.347. The summed E-state index contributed by atoms with van der Waals surface area (Å²) in [5, 5.41) is 14.5. The molecular weight excluding hydrogens is 396 g/mol. The number of hydrogen-bond acceptors (Lipinski definition) is 6. The van der Waals surface area contributed by atoms with E-state index in [0.717, 1.165) is 22.9 Å². The van der Waals surface area contributed by atoms with E-state index in [1.54, 1.807) is 14.2 Å². The van der Waals surface area contributed by atoms with Crippen LogP contribution in [0.3, 0.4) is 0 Å². The summed E-state index contributed by atoms with van der Waals surface area (Å²) in [6.07, 6.45) is 2.87. The van der Waals surface area contributed by atoms with Crippen molar-refractivity contribution in [3.05, 3.63) is 48.5 Å². The highest BCUT2D eigenvalue weighted by molar-refractivity contribution is 7.80. The van der Waals surface area contributed by atoms with Crippen molar-refractivity contribution in [2.24, 2.45) is 10.2 Å². The molecule has 0 radical (unpaired) electrons. The van der Waals surface area contributed by atoms with Gasteiger partial charge in [-0.15, -0.1) is 0 Å². The molecule has 0 aliphatic heterocycles. The minimum atomic E-state index is 0.347. The number of hydrogen-bond donors (Lipinski definition) is 4. The Kier molecular flexibility index (Phi) is 8.63. The summed E-state index contributed by atoms with van der Waals surface area (Å²) >= 11 is 10.3. The van der Waals surface area contributed by atoms with Gasteiger partial charge in [0.2, 0.25) is 0 Å². The summed E-state index contributed by atoms with van der Waals surface area (Å²) in [6.45, 7) is 0. The summed E-state index contributed by atoms with van der Waals surface area (Å²) in [7, 11) is 3.23. The molecule has 28 heavy (non-hydrogen) atoms. The molecule has 0 heterocycles. The Balaban J connectivity index is 1.67. The van der Waals surface area contributed by atoms with Gasteiger partial charge < -0.3 is 20.1 Å². The second-order valence-electron chi connectivity index (χ2n) is 5.15. The van der Waals surface area contributed by atoms with Crippen LogP contribution in [-0.4, -0.2) is 36.9 Å². The number of anilines is 2. The third-order valence-electron chi connectivity index (χ3n) is 3.24. The van der Waals surface area contributed by atoms with E-state index in [1.807, 2.05) is 48.5 Å². The lowest BCUT2D eigenvalue weighted by Gasteiger charge is -2.07. The molecule has 146 valence electrons. The molecule has 0 aliphatic carbocycles. The van der Waals surface area contributed by atoms with E-state index in [4.69, 9.17) is 33.9 Å². The average Bonchev–Trinajstić information content (AvgIpc) is 2.71. The lowest BCUT2D eigenvalue weighted by atomic mass is 10.3. The van der Waals surface area contributed by atoms with Gasteiger partial charge in [-0.25, -0.2) is 0 Å². The second kappa shape index (κ2) is 11.5. The molecule has 2 aromatic carbocycles. The predicted molar refractivity (Wildman–Crippen MR) is 122 cm³/mol. The molecule has 0 saturated heterocycles. The monoisotopic (exact) mass is 416 g/mol. The highest BCUT2D eigenvalue weighted by Crippen LogP contribution is 2.15. The van der Waals surface area contributed by atoms with E-state index in [-0.39, 0.29) is 0 Å². The molecule has 0 bridgehead atoms. The smallest absolute Gasteiger partial charge is 0.191 e. The van der Waals surface area contributed by atoms with Gasteiger partial charge in [0.05, 0.1) is 26.6 Å². The largest absolute Gasteiger partial charge is 0.497 e. The number of methoxy groups -OCH3 is 2. The van der Waals surface area contributed by atoms with Crippen LogP contribution in [0, 0.1) is 0 Å². The van der Waals surface area contributed by atoms with Crippen molar-refractivity contribution in [3.8, 4) is 11.5 Å². The summed E-state index contributed by atoms with van der Waals surface area (Å²) in [6, 6.07) is 14.7. The fraction of sp³-hybridized carbons (Fsp3) is 0.111. The number of nitrogens with zero attached hydrogens (tertiary/aromatic N) is 2. The Bertz CT molecular complexity index is 767.